The van der Waals surface area contributed by atoms with Crippen molar-refractivity contribution in [3.05, 3.63) is 50.6 Å². The Labute approximate surface area is 154 Å². The highest BCUT2D eigenvalue weighted by molar-refractivity contribution is 9.10. The van der Waals surface area contributed by atoms with Gasteiger partial charge in [0.25, 0.3) is 0 Å². The highest BCUT2D eigenvalue weighted by Gasteiger charge is 2.05. The van der Waals surface area contributed by atoms with Crippen molar-refractivity contribution in [2.75, 3.05) is 13.2 Å². The Morgan fingerprint density at radius 1 is 1.21 bits per heavy atom. The summed E-state index contributed by atoms with van der Waals surface area (Å²) in [4.78, 5) is 13.0. The van der Waals surface area contributed by atoms with E-state index in [2.05, 4.69) is 21.2 Å². The van der Waals surface area contributed by atoms with Crippen LogP contribution in [-0.4, -0.2) is 19.1 Å². The summed E-state index contributed by atoms with van der Waals surface area (Å²) in [5.74, 6) is 1.26. The number of rotatable bonds is 8. The van der Waals surface area contributed by atoms with Crippen LogP contribution >= 0.6 is 27.3 Å². The van der Waals surface area contributed by atoms with E-state index in [-0.39, 0.29) is 5.91 Å². The van der Waals surface area contributed by atoms with Gasteiger partial charge in [-0.15, -0.1) is 11.3 Å². The molecule has 24 heavy (non-hydrogen) atoms. The van der Waals surface area contributed by atoms with Gasteiger partial charge >= 0.3 is 0 Å². The molecular formula is C18H20BrNO3S. The van der Waals surface area contributed by atoms with Gasteiger partial charge in [0.1, 0.15) is 0 Å². The average molecular weight is 410 g/mol. The minimum Gasteiger partial charge on any atom is -0.490 e. The molecule has 1 amide bonds. The quantitative estimate of drug-likeness (QED) is 0.646. The SMILES string of the molecule is CCOc1ccc(/C=C/C(=O)NCc2cc(Br)cs2)cc1OCC. The van der Waals surface area contributed by atoms with Crippen molar-refractivity contribution in [2.24, 2.45) is 0 Å². The molecule has 0 atom stereocenters. The molecule has 0 aliphatic carbocycles. The largest absolute Gasteiger partial charge is 0.490 e. The Morgan fingerprint density at radius 3 is 2.62 bits per heavy atom. The van der Waals surface area contributed by atoms with E-state index in [1.807, 2.05) is 43.5 Å². The summed E-state index contributed by atoms with van der Waals surface area (Å²) in [5, 5.41) is 4.85. The lowest BCUT2D eigenvalue weighted by molar-refractivity contribution is -0.116. The number of benzene rings is 1. The van der Waals surface area contributed by atoms with Crippen LogP contribution in [0.15, 0.2) is 40.2 Å². The topological polar surface area (TPSA) is 47.6 Å². The summed E-state index contributed by atoms with van der Waals surface area (Å²) in [6, 6.07) is 7.62. The summed E-state index contributed by atoms with van der Waals surface area (Å²) in [6.07, 6.45) is 3.28. The number of hydrogen-bond donors (Lipinski definition) is 1. The molecule has 1 N–H and O–H groups in total. The number of amides is 1. The molecule has 4 nitrogen and oxygen atoms in total. The van der Waals surface area contributed by atoms with Crippen LogP contribution in [0.2, 0.25) is 0 Å². The van der Waals surface area contributed by atoms with Crippen molar-refractivity contribution in [3.63, 3.8) is 0 Å². The second-order valence-electron chi connectivity index (χ2n) is 4.85. The molecule has 1 aromatic carbocycles. The van der Waals surface area contributed by atoms with Gasteiger partial charge in [-0.1, -0.05) is 6.07 Å². The maximum atomic E-state index is 11.9. The van der Waals surface area contributed by atoms with Crippen molar-refractivity contribution in [2.45, 2.75) is 20.4 Å². The Bertz CT molecular complexity index is 712. The van der Waals surface area contributed by atoms with Crippen LogP contribution in [0.5, 0.6) is 11.5 Å². The number of ether oxygens (including phenoxy) is 2. The van der Waals surface area contributed by atoms with E-state index in [4.69, 9.17) is 9.47 Å². The minimum absolute atomic E-state index is 0.133. The summed E-state index contributed by atoms with van der Waals surface area (Å²) in [6.45, 7) is 5.52. The van der Waals surface area contributed by atoms with Crippen LogP contribution < -0.4 is 14.8 Å². The van der Waals surface area contributed by atoms with Crippen LogP contribution in [0.25, 0.3) is 6.08 Å². The Kier molecular flexibility index (Phi) is 7.34. The predicted molar refractivity (Wildman–Crippen MR) is 102 cm³/mol. The Hall–Kier alpha value is -1.79. The molecule has 2 aromatic rings. The smallest absolute Gasteiger partial charge is 0.244 e. The summed E-state index contributed by atoms with van der Waals surface area (Å²) in [7, 11) is 0. The van der Waals surface area contributed by atoms with Crippen molar-refractivity contribution in [1.82, 2.24) is 5.32 Å². The van der Waals surface area contributed by atoms with Crippen molar-refractivity contribution in [3.8, 4) is 11.5 Å². The zero-order valence-electron chi connectivity index (χ0n) is 13.7. The van der Waals surface area contributed by atoms with E-state index >= 15 is 0 Å². The molecule has 2 rings (SSSR count). The van der Waals surface area contributed by atoms with E-state index in [9.17, 15) is 4.79 Å². The number of hydrogen-bond acceptors (Lipinski definition) is 4. The molecule has 0 saturated heterocycles. The lowest BCUT2D eigenvalue weighted by Gasteiger charge is -2.11. The fourth-order valence-corrected chi connectivity index (χ4v) is 3.41. The molecule has 0 saturated carbocycles. The van der Waals surface area contributed by atoms with E-state index in [1.54, 1.807) is 17.4 Å². The zero-order chi connectivity index (χ0) is 17.4. The van der Waals surface area contributed by atoms with Crippen molar-refractivity contribution < 1.29 is 14.3 Å². The Balaban J connectivity index is 1.96. The van der Waals surface area contributed by atoms with E-state index in [0.29, 0.717) is 31.3 Å². The van der Waals surface area contributed by atoms with Crippen molar-refractivity contribution in [1.29, 1.82) is 0 Å². The van der Waals surface area contributed by atoms with Crippen LogP contribution in [0, 0.1) is 0 Å². The van der Waals surface area contributed by atoms with Gasteiger partial charge in [-0.3, -0.25) is 4.79 Å². The molecule has 0 fully saturated rings. The first kappa shape index (κ1) is 18.5. The summed E-state index contributed by atoms with van der Waals surface area (Å²) >= 11 is 5.00. The number of carbonyl (C=O) groups is 1. The summed E-state index contributed by atoms with van der Waals surface area (Å²) in [5.41, 5.74) is 0.885. The fourth-order valence-electron chi connectivity index (χ4n) is 2.02. The van der Waals surface area contributed by atoms with Gasteiger partial charge in [-0.2, -0.15) is 0 Å². The number of thiophene rings is 1. The van der Waals surface area contributed by atoms with Crippen LogP contribution in [-0.2, 0) is 11.3 Å². The molecule has 0 radical (unpaired) electrons. The van der Waals surface area contributed by atoms with E-state index in [1.165, 1.54) is 6.08 Å². The van der Waals surface area contributed by atoms with Crippen molar-refractivity contribution >= 4 is 39.2 Å². The second kappa shape index (κ2) is 9.49. The van der Waals surface area contributed by atoms with Gasteiger partial charge in [0.2, 0.25) is 5.91 Å². The second-order valence-corrected chi connectivity index (χ2v) is 6.77. The lowest BCUT2D eigenvalue weighted by atomic mass is 10.2. The van der Waals surface area contributed by atoms with Crippen LogP contribution in [0.3, 0.4) is 0 Å². The standard InChI is InChI=1S/C18H20BrNO3S/c1-3-22-16-7-5-13(9-17(16)23-4-2)6-8-18(21)20-11-15-10-14(19)12-24-15/h5-10,12H,3-4,11H2,1-2H3,(H,20,21)/b8-6+. The van der Waals surface area contributed by atoms with Gasteiger partial charge < -0.3 is 14.8 Å². The van der Waals surface area contributed by atoms with E-state index < -0.39 is 0 Å². The zero-order valence-corrected chi connectivity index (χ0v) is 16.1. The van der Waals surface area contributed by atoms with Gasteiger partial charge in [0.05, 0.1) is 19.8 Å². The van der Waals surface area contributed by atoms with Crippen LogP contribution in [0.1, 0.15) is 24.3 Å². The molecule has 0 aliphatic rings. The molecule has 0 bridgehead atoms. The summed E-state index contributed by atoms with van der Waals surface area (Å²) < 4.78 is 12.1. The average Bonchev–Trinajstić information content (AvgIpc) is 2.99. The third kappa shape index (κ3) is 5.69. The molecule has 0 unspecified atom stereocenters. The lowest BCUT2D eigenvalue weighted by Crippen LogP contribution is -2.19. The number of halogens is 1. The molecule has 1 aromatic heterocycles. The first-order chi connectivity index (χ1) is 11.6. The number of nitrogens with one attached hydrogen (secondary N) is 1. The highest BCUT2D eigenvalue weighted by atomic mass is 79.9. The molecule has 0 aliphatic heterocycles. The molecule has 128 valence electrons. The minimum atomic E-state index is -0.133. The normalized spacial score (nSPS) is 10.8. The monoisotopic (exact) mass is 409 g/mol. The Morgan fingerprint density at radius 2 is 1.96 bits per heavy atom. The van der Waals surface area contributed by atoms with Gasteiger partial charge in [-0.25, -0.2) is 0 Å². The third-order valence-electron chi connectivity index (χ3n) is 3.05. The van der Waals surface area contributed by atoms with E-state index in [0.717, 1.165) is 14.9 Å². The van der Waals surface area contributed by atoms with Gasteiger partial charge in [0, 0.05) is 20.8 Å². The maximum absolute atomic E-state index is 11.9. The first-order valence-corrected chi connectivity index (χ1v) is 9.38. The van der Waals surface area contributed by atoms with Crippen LogP contribution in [0.4, 0.5) is 0 Å². The number of carbonyl (C=O) groups excluding carboxylic acids is 1. The predicted octanol–water partition coefficient (Wildman–Crippen LogP) is 4.64. The molecule has 0 spiro atoms. The highest BCUT2D eigenvalue weighted by Crippen LogP contribution is 2.29. The molecular weight excluding hydrogens is 390 g/mol. The molecule has 1 heterocycles. The fraction of sp³-hybridized carbons (Fsp3) is 0.278. The maximum Gasteiger partial charge on any atom is 0.244 e. The third-order valence-corrected chi connectivity index (χ3v) is 4.75. The van der Waals surface area contributed by atoms with Gasteiger partial charge in [0.15, 0.2) is 11.5 Å². The first-order valence-electron chi connectivity index (χ1n) is 7.70. The van der Waals surface area contributed by atoms with Gasteiger partial charge in [-0.05, 0) is 59.6 Å². The molecule has 6 heteroatoms.